The summed E-state index contributed by atoms with van der Waals surface area (Å²) in [6, 6.07) is 3.95. The smallest absolute Gasteiger partial charge is 0.227 e. The number of carbonyl (C=O) groups is 1. The van der Waals surface area contributed by atoms with Gasteiger partial charge in [-0.15, -0.1) is 0 Å². The Morgan fingerprint density at radius 3 is 2.92 bits per heavy atom. The molecule has 0 aliphatic carbocycles. The lowest BCUT2D eigenvalue weighted by Crippen LogP contribution is -2.39. The Labute approximate surface area is 152 Å². The molecule has 1 unspecified atom stereocenters. The van der Waals surface area contributed by atoms with Gasteiger partial charge in [0.05, 0.1) is 29.5 Å². The number of aryl methyl sites for hydroxylation is 3. The fourth-order valence-electron chi connectivity index (χ4n) is 3.74. The van der Waals surface area contributed by atoms with Crippen LogP contribution in [0.4, 0.5) is 0 Å². The van der Waals surface area contributed by atoms with Crippen molar-refractivity contribution in [1.29, 1.82) is 0 Å². The highest BCUT2D eigenvalue weighted by Gasteiger charge is 2.30. The number of aromatic nitrogens is 4. The summed E-state index contributed by atoms with van der Waals surface area (Å²) < 4.78 is 6.98. The van der Waals surface area contributed by atoms with Gasteiger partial charge in [0, 0.05) is 24.4 Å². The van der Waals surface area contributed by atoms with Gasteiger partial charge in [-0.25, -0.2) is 9.50 Å². The Morgan fingerprint density at radius 1 is 1.31 bits per heavy atom. The van der Waals surface area contributed by atoms with E-state index < -0.39 is 0 Å². The van der Waals surface area contributed by atoms with Gasteiger partial charge < -0.3 is 9.42 Å². The molecule has 26 heavy (non-hydrogen) atoms. The zero-order chi connectivity index (χ0) is 18.3. The lowest BCUT2D eigenvalue weighted by Gasteiger charge is -2.35. The van der Waals surface area contributed by atoms with E-state index in [9.17, 15) is 4.79 Å². The molecule has 0 aromatic carbocycles. The SMILES string of the molecule is Cc1cc2nc(C3CCCCN3C(=O)Cc3c(C)noc3C)ccn2n1. The molecule has 0 spiro atoms. The van der Waals surface area contributed by atoms with E-state index in [1.165, 1.54) is 0 Å². The van der Waals surface area contributed by atoms with Gasteiger partial charge >= 0.3 is 0 Å². The zero-order valence-corrected chi connectivity index (χ0v) is 15.4. The first-order valence-corrected chi connectivity index (χ1v) is 9.07. The standard InChI is InChI=1S/C19H23N5O2/c1-12-10-18-20-16(7-9-24(18)21-12)17-6-4-5-8-23(17)19(25)11-15-13(2)22-26-14(15)3/h7,9-10,17H,4-6,8,11H2,1-3H3. The minimum atomic E-state index is 0.0110. The molecule has 0 saturated carbocycles. The van der Waals surface area contributed by atoms with Crippen LogP contribution in [0.25, 0.3) is 5.65 Å². The summed E-state index contributed by atoms with van der Waals surface area (Å²) in [6.07, 6.45) is 5.31. The molecule has 7 heteroatoms. The van der Waals surface area contributed by atoms with Crippen molar-refractivity contribution < 1.29 is 9.32 Å². The second kappa shape index (κ2) is 6.55. The lowest BCUT2D eigenvalue weighted by atomic mass is 9.97. The molecule has 1 atom stereocenters. The first-order valence-electron chi connectivity index (χ1n) is 9.07. The molecule has 1 amide bonds. The van der Waals surface area contributed by atoms with Crippen LogP contribution in [0.5, 0.6) is 0 Å². The lowest BCUT2D eigenvalue weighted by molar-refractivity contribution is -0.134. The number of hydrogen-bond acceptors (Lipinski definition) is 5. The van der Waals surface area contributed by atoms with E-state index >= 15 is 0 Å². The molecule has 3 aromatic heterocycles. The van der Waals surface area contributed by atoms with Crippen LogP contribution in [-0.4, -0.2) is 37.1 Å². The Morgan fingerprint density at radius 2 is 2.15 bits per heavy atom. The molecule has 3 aromatic rings. The third-order valence-corrected chi connectivity index (χ3v) is 5.14. The molecule has 4 rings (SSSR count). The van der Waals surface area contributed by atoms with E-state index in [1.807, 2.05) is 44.0 Å². The van der Waals surface area contributed by atoms with Gasteiger partial charge in [-0.05, 0) is 46.1 Å². The number of hydrogen-bond donors (Lipinski definition) is 0. The van der Waals surface area contributed by atoms with Crippen molar-refractivity contribution in [1.82, 2.24) is 24.7 Å². The molecule has 0 N–H and O–H groups in total. The summed E-state index contributed by atoms with van der Waals surface area (Å²) in [6.45, 7) is 6.45. The fraction of sp³-hybridized carbons (Fsp3) is 0.474. The Balaban J connectivity index is 1.61. The number of amides is 1. The molecular weight excluding hydrogens is 330 g/mol. The molecule has 1 aliphatic rings. The predicted molar refractivity (Wildman–Crippen MR) is 95.7 cm³/mol. The normalized spacial score (nSPS) is 17.8. The van der Waals surface area contributed by atoms with Crippen LogP contribution in [0.2, 0.25) is 0 Å². The van der Waals surface area contributed by atoms with Crippen LogP contribution in [0.3, 0.4) is 0 Å². The minimum absolute atomic E-state index is 0.0110. The third kappa shape index (κ3) is 2.98. The van der Waals surface area contributed by atoms with Crippen molar-refractivity contribution in [2.75, 3.05) is 6.54 Å². The molecule has 0 radical (unpaired) electrons. The number of likely N-dealkylation sites (tertiary alicyclic amines) is 1. The summed E-state index contributed by atoms with van der Waals surface area (Å²) in [7, 11) is 0. The van der Waals surface area contributed by atoms with Crippen molar-refractivity contribution in [2.24, 2.45) is 0 Å². The predicted octanol–water partition coefficient (Wildman–Crippen LogP) is 2.94. The number of nitrogens with zero attached hydrogens (tertiary/aromatic N) is 5. The fourth-order valence-corrected chi connectivity index (χ4v) is 3.74. The average molecular weight is 353 g/mol. The molecule has 0 bridgehead atoms. The van der Waals surface area contributed by atoms with Crippen LogP contribution < -0.4 is 0 Å². The maximum atomic E-state index is 13.0. The van der Waals surface area contributed by atoms with Gasteiger partial charge in [0.25, 0.3) is 0 Å². The van der Waals surface area contributed by atoms with E-state index in [2.05, 4.69) is 10.3 Å². The van der Waals surface area contributed by atoms with Gasteiger partial charge in [-0.3, -0.25) is 4.79 Å². The van der Waals surface area contributed by atoms with Gasteiger partial charge in [-0.2, -0.15) is 5.10 Å². The van der Waals surface area contributed by atoms with E-state index in [-0.39, 0.29) is 11.9 Å². The van der Waals surface area contributed by atoms with Crippen molar-refractivity contribution in [3.8, 4) is 0 Å². The summed E-state index contributed by atoms with van der Waals surface area (Å²) in [4.78, 5) is 19.8. The van der Waals surface area contributed by atoms with Crippen molar-refractivity contribution in [3.05, 3.63) is 46.7 Å². The first-order chi connectivity index (χ1) is 12.5. The highest BCUT2D eigenvalue weighted by Crippen LogP contribution is 2.31. The maximum Gasteiger partial charge on any atom is 0.227 e. The second-order valence-electron chi connectivity index (χ2n) is 7.02. The van der Waals surface area contributed by atoms with E-state index in [4.69, 9.17) is 9.51 Å². The van der Waals surface area contributed by atoms with Gasteiger partial charge in [-0.1, -0.05) is 5.16 Å². The van der Waals surface area contributed by atoms with Gasteiger partial charge in [0.2, 0.25) is 5.91 Å². The van der Waals surface area contributed by atoms with Crippen molar-refractivity contribution in [3.63, 3.8) is 0 Å². The molecular formula is C19H23N5O2. The van der Waals surface area contributed by atoms with Crippen molar-refractivity contribution >= 4 is 11.6 Å². The Hall–Kier alpha value is -2.70. The Bertz CT molecular complexity index is 939. The highest BCUT2D eigenvalue weighted by atomic mass is 16.5. The number of rotatable bonds is 3. The van der Waals surface area contributed by atoms with Crippen LogP contribution in [0.1, 0.15) is 53.7 Å². The second-order valence-corrected chi connectivity index (χ2v) is 7.02. The monoisotopic (exact) mass is 353 g/mol. The molecule has 7 nitrogen and oxygen atoms in total. The Kier molecular flexibility index (Phi) is 4.22. The molecule has 136 valence electrons. The largest absolute Gasteiger partial charge is 0.361 e. The average Bonchev–Trinajstić information content (AvgIpc) is 3.16. The van der Waals surface area contributed by atoms with E-state index in [1.54, 1.807) is 4.52 Å². The minimum Gasteiger partial charge on any atom is -0.361 e. The number of fused-ring (bicyclic) bond motifs is 1. The number of piperidine rings is 1. The summed E-state index contributed by atoms with van der Waals surface area (Å²) >= 11 is 0. The summed E-state index contributed by atoms with van der Waals surface area (Å²) in [5.41, 5.74) is 4.38. The van der Waals surface area contributed by atoms with Crippen LogP contribution >= 0.6 is 0 Å². The van der Waals surface area contributed by atoms with Crippen LogP contribution in [0.15, 0.2) is 22.9 Å². The van der Waals surface area contributed by atoms with Crippen LogP contribution in [-0.2, 0) is 11.2 Å². The van der Waals surface area contributed by atoms with Gasteiger partial charge in [0.1, 0.15) is 5.76 Å². The van der Waals surface area contributed by atoms with Crippen molar-refractivity contribution in [2.45, 2.75) is 52.5 Å². The van der Waals surface area contributed by atoms with Crippen LogP contribution in [0, 0.1) is 20.8 Å². The quantitative estimate of drug-likeness (QED) is 0.723. The van der Waals surface area contributed by atoms with E-state index in [0.717, 1.165) is 59.9 Å². The maximum absolute atomic E-state index is 13.0. The number of carbonyl (C=O) groups excluding carboxylic acids is 1. The molecule has 1 saturated heterocycles. The topological polar surface area (TPSA) is 76.5 Å². The highest BCUT2D eigenvalue weighted by molar-refractivity contribution is 5.79. The molecule has 4 heterocycles. The first kappa shape index (κ1) is 16.8. The molecule has 1 fully saturated rings. The van der Waals surface area contributed by atoms with E-state index in [0.29, 0.717) is 6.42 Å². The zero-order valence-electron chi connectivity index (χ0n) is 15.4. The van der Waals surface area contributed by atoms with Gasteiger partial charge in [0.15, 0.2) is 5.65 Å². The molecule has 1 aliphatic heterocycles. The third-order valence-electron chi connectivity index (χ3n) is 5.14. The summed E-state index contributed by atoms with van der Waals surface area (Å²) in [5, 5.41) is 8.34. The summed E-state index contributed by atoms with van der Waals surface area (Å²) in [5.74, 6) is 0.828.